The number of benzene rings is 4. The number of rotatable bonds is 4. The Balaban J connectivity index is 1.43. The van der Waals surface area contributed by atoms with Crippen molar-refractivity contribution < 1.29 is 0 Å². The molecular formula is C34H38N2. The summed E-state index contributed by atoms with van der Waals surface area (Å²) in [6.45, 7) is 12.9. The van der Waals surface area contributed by atoms with Crippen LogP contribution < -0.4 is 10.2 Å². The minimum Gasteiger partial charge on any atom is -0.374 e. The van der Waals surface area contributed by atoms with E-state index in [1.807, 2.05) is 0 Å². The Morgan fingerprint density at radius 1 is 0.694 bits per heavy atom. The molecule has 1 N–H and O–H groups in total. The molecule has 4 aromatic rings. The first-order valence-corrected chi connectivity index (χ1v) is 13.0. The molecule has 5 rings (SSSR count). The molecule has 0 amide bonds. The largest absolute Gasteiger partial charge is 0.374 e. The minimum absolute atomic E-state index is 0.0786. The molecule has 0 radical (unpaired) electrons. The predicted molar refractivity (Wildman–Crippen MR) is 157 cm³/mol. The van der Waals surface area contributed by atoms with E-state index in [0.717, 1.165) is 17.9 Å². The van der Waals surface area contributed by atoms with Crippen LogP contribution in [0.3, 0.4) is 0 Å². The van der Waals surface area contributed by atoms with E-state index in [1.165, 1.54) is 45.5 Å². The van der Waals surface area contributed by atoms with Crippen LogP contribution in [-0.2, 0) is 10.8 Å². The van der Waals surface area contributed by atoms with Crippen LogP contribution >= 0.6 is 0 Å². The Kier molecular flexibility index (Phi) is 6.16. The fraction of sp³-hybridized carbons (Fsp3) is 0.294. The van der Waals surface area contributed by atoms with E-state index in [-0.39, 0.29) is 10.8 Å². The van der Waals surface area contributed by atoms with Gasteiger partial charge < -0.3 is 10.2 Å². The van der Waals surface area contributed by atoms with Crippen LogP contribution in [0.25, 0.3) is 22.3 Å². The van der Waals surface area contributed by atoms with Crippen LogP contribution in [-0.4, -0.2) is 13.6 Å². The van der Waals surface area contributed by atoms with Crippen molar-refractivity contribution in [3.8, 4) is 22.3 Å². The Hall–Kier alpha value is -3.52. The maximum atomic E-state index is 3.56. The summed E-state index contributed by atoms with van der Waals surface area (Å²) >= 11 is 0. The van der Waals surface area contributed by atoms with Crippen LogP contribution in [0.15, 0.2) is 91.0 Å². The smallest absolute Gasteiger partial charge is 0.0440 e. The molecule has 184 valence electrons. The highest BCUT2D eigenvalue weighted by Crippen LogP contribution is 2.46. The lowest BCUT2D eigenvalue weighted by Gasteiger charge is -2.42. The number of nitrogens with one attached hydrogen (secondary N) is 1. The summed E-state index contributed by atoms with van der Waals surface area (Å²) in [5.41, 5.74) is 11.8. The van der Waals surface area contributed by atoms with Crippen LogP contribution in [0, 0.1) is 0 Å². The quantitative estimate of drug-likeness (QED) is 0.317. The highest BCUT2D eigenvalue weighted by molar-refractivity contribution is 5.77. The molecule has 2 heteroatoms. The monoisotopic (exact) mass is 474 g/mol. The highest BCUT2D eigenvalue weighted by Gasteiger charge is 2.34. The van der Waals surface area contributed by atoms with Crippen molar-refractivity contribution in [2.45, 2.75) is 51.9 Å². The molecule has 0 fully saturated rings. The second-order valence-corrected chi connectivity index (χ2v) is 11.9. The van der Waals surface area contributed by atoms with Gasteiger partial charge in [-0.3, -0.25) is 0 Å². The van der Waals surface area contributed by atoms with Gasteiger partial charge in [-0.2, -0.15) is 0 Å². The summed E-state index contributed by atoms with van der Waals surface area (Å²) in [5, 5.41) is 3.56. The van der Waals surface area contributed by atoms with Crippen LogP contribution in [0.2, 0.25) is 0 Å². The summed E-state index contributed by atoms with van der Waals surface area (Å²) < 4.78 is 0. The Morgan fingerprint density at radius 2 is 1.22 bits per heavy atom. The van der Waals surface area contributed by atoms with Gasteiger partial charge in [0.1, 0.15) is 0 Å². The molecule has 1 aliphatic rings. The average Bonchev–Trinajstić information content (AvgIpc) is 2.87. The normalized spacial score (nSPS) is 14.9. The molecular weight excluding hydrogens is 436 g/mol. The van der Waals surface area contributed by atoms with Gasteiger partial charge in [0.25, 0.3) is 0 Å². The molecule has 0 saturated heterocycles. The fourth-order valence-electron chi connectivity index (χ4n) is 5.28. The van der Waals surface area contributed by atoms with Crippen molar-refractivity contribution in [1.82, 2.24) is 0 Å². The van der Waals surface area contributed by atoms with E-state index in [2.05, 4.69) is 143 Å². The zero-order valence-corrected chi connectivity index (χ0v) is 22.5. The molecule has 0 unspecified atom stereocenters. The summed E-state index contributed by atoms with van der Waals surface area (Å²) in [6.07, 6.45) is 1.18. The molecule has 4 aromatic carbocycles. The second kappa shape index (κ2) is 9.17. The molecule has 0 atom stereocenters. The third-order valence-corrected chi connectivity index (χ3v) is 7.60. The standard InChI is InChI=1S/C34H38N2/c1-33(2,3)30-22-27(23-31-32(30)36(6)21-20-34(31,4)5)26-14-18-29(19-15-26)35-28-16-12-25(13-17-28)24-10-8-7-9-11-24/h7-19,22-23,35H,20-21H2,1-6H3. The summed E-state index contributed by atoms with van der Waals surface area (Å²) in [7, 11) is 2.25. The Morgan fingerprint density at radius 3 is 1.78 bits per heavy atom. The molecule has 2 nitrogen and oxygen atoms in total. The maximum Gasteiger partial charge on any atom is 0.0440 e. The maximum absolute atomic E-state index is 3.56. The second-order valence-electron chi connectivity index (χ2n) is 11.9. The van der Waals surface area contributed by atoms with Crippen molar-refractivity contribution in [3.05, 3.63) is 102 Å². The van der Waals surface area contributed by atoms with E-state index in [9.17, 15) is 0 Å². The number of nitrogens with zero attached hydrogens (tertiary/aromatic N) is 1. The first-order chi connectivity index (χ1) is 17.1. The summed E-state index contributed by atoms with van der Waals surface area (Å²) in [4.78, 5) is 2.46. The van der Waals surface area contributed by atoms with Crippen LogP contribution in [0.1, 0.15) is 52.2 Å². The lowest BCUT2D eigenvalue weighted by atomic mass is 9.72. The lowest BCUT2D eigenvalue weighted by Crippen LogP contribution is -2.37. The topological polar surface area (TPSA) is 15.3 Å². The van der Waals surface area contributed by atoms with E-state index in [4.69, 9.17) is 0 Å². The van der Waals surface area contributed by atoms with Gasteiger partial charge in [-0.15, -0.1) is 0 Å². The average molecular weight is 475 g/mol. The molecule has 0 bridgehead atoms. The van der Waals surface area contributed by atoms with E-state index in [0.29, 0.717) is 0 Å². The van der Waals surface area contributed by atoms with Crippen LogP contribution in [0.4, 0.5) is 17.1 Å². The first-order valence-electron chi connectivity index (χ1n) is 13.0. The van der Waals surface area contributed by atoms with Crippen molar-refractivity contribution >= 4 is 17.1 Å². The molecule has 0 saturated carbocycles. The number of anilines is 3. The van der Waals surface area contributed by atoms with Gasteiger partial charge in [0.15, 0.2) is 0 Å². The number of hydrogen-bond donors (Lipinski definition) is 1. The molecule has 36 heavy (non-hydrogen) atoms. The molecule has 0 aliphatic carbocycles. The third kappa shape index (κ3) is 4.78. The van der Waals surface area contributed by atoms with Crippen molar-refractivity contribution in [3.63, 3.8) is 0 Å². The van der Waals surface area contributed by atoms with Crippen LogP contribution in [0.5, 0.6) is 0 Å². The minimum atomic E-state index is 0.0786. The first kappa shape index (κ1) is 24.2. The van der Waals surface area contributed by atoms with Crippen molar-refractivity contribution in [2.75, 3.05) is 23.8 Å². The van der Waals surface area contributed by atoms with Crippen molar-refractivity contribution in [2.24, 2.45) is 0 Å². The predicted octanol–water partition coefficient (Wildman–Crippen LogP) is 9.18. The molecule has 1 heterocycles. The SMILES string of the molecule is CN1CCC(C)(C)c2cc(-c3ccc(Nc4ccc(-c5ccccc5)cc4)cc3)cc(C(C)(C)C)c21. The van der Waals surface area contributed by atoms with Gasteiger partial charge >= 0.3 is 0 Å². The zero-order chi connectivity index (χ0) is 25.5. The number of hydrogen-bond acceptors (Lipinski definition) is 2. The summed E-state index contributed by atoms with van der Waals surface area (Å²) in [6, 6.07) is 32.9. The van der Waals surface area contributed by atoms with Gasteiger partial charge in [0.05, 0.1) is 0 Å². The van der Waals surface area contributed by atoms with E-state index >= 15 is 0 Å². The lowest BCUT2D eigenvalue weighted by molar-refractivity contribution is 0.457. The Labute approximate surface area is 217 Å². The van der Waals surface area contributed by atoms with Gasteiger partial charge in [0, 0.05) is 30.7 Å². The third-order valence-electron chi connectivity index (χ3n) is 7.60. The van der Waals surface area contributed by atoms with Gasteiger partial charge in [-0.1, -0.05) is 89.2 Å². The fourth-order valence-corrected chi connectivity index (χ4v) is 5.28. The van der Waals surface area contributed by atoms with Crippen molar-refractivity contribution in [1.29, 1.82) is 0 Å². The zero-order valence-electron chi connectivity index (χ0n) is 22.5. The summed E-state index contributed by atoms with van der Waals surface area (Å²) in [5.74, 6) is 0. The molecule has 1 aliphatic heterocycles. The van der Waals surface area contributed by atoms with Gasteiger partial charge in [-0.25, -0.2) is 0 Å². The molecule has 0 spiro atoms. The molecule has 0 aromatic heterocycles. The Bertz CT molecular complexity index is 1320. The van der Waals surface area contributed by atoms with Gasteiger partial charge in [-0.05, 0) is 87.0 Å². The van der Waals surface area contributed by atoms with E-state index < -0.39 is 0 Å². The van der Waals surface area contributed by atoms with E-state index in [1.54, 1.807) is 0 Å². The van der Waals surface area contributed by atoms with Gasteiger partial charge in [0.2, 0.25) is 0 Å². The number of fused-ring (bicyclic) bond motifs is 1. The highest BCUT2D eigenvalue weighted by atomic mass is 15.1.